The maximum Gasteiger partial charge on any atom is 0.257 e. The highest BCUT2D eigenvalue weighted by Gasteiger charge is 2.23. The van der Waals surface area contributed by atoms with E-state index in [9.17, 15) is 5.11 Å². The third kappa shape index (κ3) is 2.21. The molecule has 0 spiro atoms. The average molecular weight is 260 g/mol. The molecule has 2 aromatic rings. The zero-order valence-corrected chi connectivity index (χ0v) is 11.0. The number of aromatic nitrogens is 2. The molecular formula is C14H16N2O3. The van der Waals surface area contributed by atoms with Crippen LogP contribution in [0.15, 0.2) is 16.7 Å². The van der Waals surface area contributed by atoms with Gasteiger partial charge in [0, 0.05) is 18.1 Å². The van der Waals surface area contributed by atoms with E-state index in [1.165, 1.54) is 0 Å². The van der Waals surface area contributed by atoms with E-state index in [0.717, 1.165) is 29.7 Å². The smallest absolute Gasteiger partial charge is 0.257 e. The van der Waals surface area contributed by atoms with Crippen LogP contribution in [0.4, 0.5) is 0 Å². The van der Waals surface area contributed by atoms with E-state index in [1.54, 1.807) is 0 Å². The van der Waals surface area contributed by atoms with Crippen LogP contribution >= 0.6 is 0 Å². The van der Waals surface area contributed by atoms with Crippen molar-refractivity contribution in [2.45, 2.75) is 26.2 Å². The molecule has 0 radical (unpaired) electrons. The van der Waals surface area contributed by atoms with Gasteiger partial charge in [0.15, 0.2) is 5.82 Å². The molecule has 1 unspecified atom stereocenters. The molecular weight excluding hydrogens is 244 g/mol. The lowest BCUT2D eigenvalue weighted by atomic mass is 10.1. The summed E-state index contributed by atoms with van der Waals surface area (Å²) >= 11 is 0. The number of benzene rings is 1. The Hall–Kier alpha value is -1.88. The van der Waals surface area contributed by atoms with Crippen LogP contribution in [0.1, 0.15) is 29.3 Å². The number of rotatable bonds is 2. The van der Waals surface area contributed by atoms with Crippen molar-refractivity contribution in [1.82, 2.24) is 10.1 Å². The normalized spacial score (nSPS) is 18.9. The number of phenols is 1. The van der Waals surface area contributed by atoms with Gasteiger partial charge in [-0.15, -0.1) is 0 Å². The predicted octanol–water partition coefficient (Wildman–Crippen LogP) is 2.56. The molecule has 100 valence electrons. The molecule has 1 N–H and O–H groups in total. The van der Waals surface area contributed by atoms with Crippen molar-refractivity contribution in [1.29, 1.82) is 0 Å². The molecule has 1 aliphatic rings. The summed E-state index contributed by atoms with van der Waals surface area (Å²) in [5.74, 6) is 1.74. The van der Waals surface area contributed by atoms with Gasteiger partial charge in [-0.3, -0.25) is 0 Å². The number of hydrogen-bond donors (Lipinski definition) is 1. The highest BCUT2D eigenvalue weighted by atomic mass is 16.5. The van der Waals surface area contributed by atoms with Crippen LogP contribution in [0.2, 0.25) is 0 Å². The monoisotopic (exact) mass is 260 g/mol. The van der Waals surface area contributed by atoms with E-state index in [4.69, 9.17) is 9.26 Å². The maximum atomic E-state index is 9.77. The van der Waals surface area contributed by atoms with Gasteiger partial charge in [0.05, 0.1) is 6.61 Å². The Morgan fingerprint density at radius 3 is 2.63 bits per heavy atom. The zero-order valence-electron chi connectivity index (χ0n) is 11.0. The Bertz CT molecular complexity index is 577. The Kier molecular flexibility index (Phi) is 2.98. The minimum absolute atomic E-state index is 0.233. The van der Waals surface area contributed by atoms with Crippen molar-refractivity contribution in [3.63, 3.8) is 0 Å². The molecule has 0 saturated carbocycles. The lowest BCUT2D eigenvalue weighted by Crippen LogP contribution is -1.99. The molecule has 0 bridgehead atoms. The fourth-order valence-corrected chi connectivity index (χ4v) is 2.34. The van der Waals surface area contributed by atoms with Gasteiger partial charge < -0.3 is 14.4 Å². The number of nitrogens with zero attached hydrogens (tertiary/aromatic N) is 2. The van der Waals surface area contributed by atoms with Crippen molar-refractivity contribution in [3.8, 4) is 17.2 Å². The van der Waals surface area contributed by atoms with Gasteiger partial charge >= 0.3 is 0 Å². The van der Waals surface area contributed by atoms with Gasteiger partial charge in [0.25, 0.3) is 5.89 Å². The average Bonchev–Trinajstić information content (AvgIpc) is 3.05. The number of hydrogen-bond acceptors (Lipinski definition) is 5. The van der Waals surface area contributed by atoms with Crippen molar-refractivity contribution in [3.05, 3.63) is 29.1 Å². The summed E-state index contributed by atoms with van der Waals surface area (Å²) in [6.07, 6.45) is 0.937. The zero-order chi connectivity index (χ0) is 13.4. The van der Waals surface area contributed by atoms with Gasteiger partial charge in [0.2, 0.25) is 0 Å². The quantitative estimate of drug-likeness (QED) is 0.898. The van der Waals surface area contributed by atoms with E-state index in [1.807, 2.05) is 26.0 Å². The summed E-state index contributed by atoms with van der Waals surface area (Å²) in [5.41, 5.74) is 2.45. The summed E-state index contributed by atoms with van der Waals surface area (Å²) in [6.45, 7) is 5.13. The van der Waals surface area contributed by atoms with Crippen LogP contribution in [0.25, 0.3) is 11.5 Å². The molecule has 1 saturated heterocycles. The number of ether oxygens (including phenoxy) is 1. The third-order valence-corrected chi connectivity index (χ3v) is 3.47. The first-order valence-electron chi connectivity index (χ1n) is 6.37. The van der Waals surface area contributed by atoms with Crippen LogP contribution < -0.4 is 0 Å². The summed E-state index contributed by atoms with van der Waals surface area (Å²) < 4.78 is 10.6. The largest absolute Gasteiger partial charge is 0.507 e. The van der Waals surface area contributed by atoms with Crippen molar-refractivity contribution >= 4 is 0 Å². The van der Waals surface area contributed by atoms with E-state index >= 15 is 0 Å². The summed E-state index contributed by atoms with van der Waals surface area (Å²) in [7, 11) is 0. The molecule has 19 heavy (non-hydrogen) atoms. The molecule has 1 aliphatic heterocycles. The van der Waals surface area contributed by atoms with E-state index in [2.05, 4.69) is 10.1 Å². The van der Waals surface area contributed by atoms with E-state index < -0.39 is 0 Å². The second-order valence-electron chi connectivity index (χ2n) is 4.98. The minimum atomic E-state index is 0.233. The topological polar surface area (TPSA) is 68.4 Å². The first-order valence-corrected chi connectivity index (χ1v) is 6.37. The van der Waals surface area contributed by atoms with Crippen molar-refractivity contribution < 1.29 is 14.4 Å². The van der Waals surface area contributed by atoms with Crippen molar-refractivity contribution in [2.24, 2.45) is 0 Å². The first kappa shape index (κ1) is 12.2. The molecule has 5 heteroatoms. The van der Waals surface area contributed by atoms with Gasteiger partial charge in [-0.2, -0.15) is 4.98 Å². The SMILES string of the molecule is Cc1cc(-c2nc(C3CCOC3)no2)cc(C)c1O. The summed E-state index contributed by atoms with van der Waals surface area (Å²) in [5, 5.41) is 13.8. The minimum Gasteiger partial charge on any atom is -0.507 e. The molecule has 5 nitrogen and oxygen atoms in total. The van der Waals surface area contributed by atoms with Crippen LogP contribution in [0.3, 0.4) is 0 Å². The third-order valence-electron chi connectivity index (χ3n) is 3.47. The fraction of sp³-hybridized carbons (Fsp3) is 0.429. The number of aryl methyl sites for hydroxylation is 2. The van der Waals surface area contributed by atoms with Gasteiger partial charge in [-0.05, 0) is 43.5 Å². The van der Waals surface area contributed by atoms with Crippen LogP contribution in [0.5, 0.6) is 5.75 Å². The number of phenolic OH excluding ortho intramolecular Hbond substituents is 1. The lowest BCUT2D eigenvalue weighted by molar-refractivity contribution is 0.192. The molecule has 0 amide bonds. The molecule has 3 rings (SSSR count). The molecule has 1 fully saturated rings. The Morgan fingerprint density at radius 2 is 2.00 bits per heavy atom. The van der Waals surface area contributed by atoms with Gasteiger partial charge in [0.1, 0.15) is 5.75 Å². The molecule has 1 aromatic heterocycles. The highest BCUT2D eigenvalue weighted by Crippen LogP contribution is 2.30. The Morgan fingerprint density at radius 1 is 1.26 bits per heavy atom. The van der Waals surface area contributed by atoms with Crippen molar-refractivity contribution in [2.75, 3.05) is 13.2 Å². The standard InChI is InChI=1S/C14H16N2O3/c1-8-5-11(6-9(2)12(8)17)14-15-13(16-19-14)10-3-4-18-7-10/h5-6,10,17H,3-4,7H2,1-2H3. The van der Waals surface area contributed by atoms with E-state index in [0.29, 0.717) is 24.1 Å². The molecule has 2 heterocycles. The second kappa shape index (κ2) is 4.66. The predicted molar refractivity (Wildman–Crippen MR) is 69.0 cm³/mol. The second-order valence-corrected chi connectivity index (χ2v) is 4.98. The van der Waals surface area contributed by atoms with Gasteiger partial charge in [-0.1, -0.05) is 5.16 Å². The van der Waals surface area contributed by atoms with Gasteiger partial charge in [-0.25, -0.2) is 0 Å². The summed E-state index contributed by atoms with van der Waals surface area (Å²) in [4.78, 5) is 4.43. The number of aromatic hydroxyl groups is 1. The lowest BCUT2D eigenvalue weighted by Gasteiger charge is -2.04. The maximum absolute atomic E-state index is 9.77. The Balaban J connectivity index is 1.94. The summed E-state index contributed by atoms with van der Waals surface area (Å²) in [6, 6.07) is 3.70. The van der Waals surface area contributed by atoms with Crippen LogP contribution in [-0.4, -0.2) is 28.5 Å². The molecule has 1 atom stereocenters. The Labute approximate surface area is 111 Å². The van der Waals surface area contributed by atoms with Crippen LogP contribution in [0, 0.1) is 13.8 Å². The van der Waals surface area contributed by atoms with Crippen LogP contribution in [-0.2, 0) is 4.74 Å². The highest BCUT2D eigenvalue weighted by molar-refractivity contribution is 5.59. The van der Waals surface area contributed by atoms with E-state index in [-0.39, 0.29) is 5.92 Å². The fourth-order valence-electron chi connectivity index (χ4n) is 2.34. The first-order chi connectivity index (χ1) is 9.15. The molecule has 1 aromatic carbocycles. The molecule has 0 aliphatic carbocycles.